The molecule has 234 valence electrons. The highest BCUT2D eigenvalue weighted by atomic mass is 32.2. The Kier molecular flexibility index (Phi) is 20.8. The zero-order valence-electron chi connectivity index (χ0n) is 25.3. The van der Waals surface area contributed by atoms with Gasteiger partial charge in [-0.2, -0.15) is 0 Å². The summed E-state index contributed by atoms with van der Waals surface area (Å²) in [5.41, 5.74) is 1.76. The van der Waals surface area contributed by atoms with Gasteiger partial charge in [-0.15, -0.1) is 0 Å². The lowest BCUT2D eigenvalue weighted by Crippen LogP contribution is -2.05. The topological polar surface area (TPSA) is 105 Å². The Morgan fingerprint density at radius 3 is 1.41 bits per heavy atom. The van der Waals surface area contributed by atoms with Crippen molar-refractivity contribution in [2.45, 2.75) is 13.8 Å². The second kappa shape index (κ2) is 24.2. The Balaban J connectivity index is 0.000000442. The quantitative estimate of drug-likeness (QED) is 0.0902. The molecule has 2 rings (SSSR count). The van der Waals surface area contributed by atoms with Crippen molar-refractivity contribution in [2.75, 3.05) is 38.9 Å². The summed E-state index contributed by atoms with van der Waals surface area (Å²) in [6.07, 6.45) is 16.0. The van der Waals surface area contributed by atoms with Gasteiger partial charge in [0, 0.05) is 23.7 Å². The Morgan fingerprint density at radius 2 is 1.02 bits per heavy atom. The molecule has 0 amide bonds. The van der Waals surface area contributed by atoms with E-state index in [1.54, 1.807) is 51.5 Å². The second-order valence-electron chi connectivity index (χ2n) is 8.27. The highest BCUT2D eigenvalue weighted by molar-refractivity contribution is 8.14. The Morgan fingerprint density at radius 1 is 0.591 bits per heavy atom. The number of carbonyl (C=O) groups is 4. The number of thioether (sulfide) groups is 2. The van der Waals surface area contributed by atoms with E-state index in [4.69, 9.17) is 18.9 Å². The van der Waals surface area contributed by atoms with Crippen molar-refractivity contribution in [1.29, 1.82) is 0 Å². The summed E-state index contributed by atoms with van der Waals surface area (Å²) in [6.45, 7) is 4.06. The van der Waals surface area contributed by atoms with E-state index in [1.165, 1.54) is 24.3 Å². The Labute approximate surface area is 267 Å². The van der Waals surface area contributed by atoms with Crippen LogP contribution in [0, 0.1) is 0 Å². The van der Waals surface area contributed by atoms with Crippen LogP contribution in [0.15, 0.2) is 97.1 Å². The molecule has 0 aliphatic carbocycles. The molecular weight excluding hydrogens is 601 g/mol. The number of allylic oxidation sites excluding steroid dienone is 4. The van der Waals surface area contributed by atoms with E-state index in [9.17, 15) is 19.2 Å². The lowest BCUT2D eigenvalue weighted by Gasteiger charge is -2.01. The normalized spacial score (nSPS) is 11.2. The molecular formula is C34H38O8S2. The zero-order valence-corrected chi connectivity index (χ0v) is 26.9. The minimum Gasteiger partial charge on any atom is -0.497 e. The number of hydrogen-bond donors (Lipinski definition) is 0. The van der Waals surface area contributed by atoms with Gasteiger partial charge in [0.15, 0.2) is 0 Å². The maximum absolute atomic E-state index is 11.5. The first kappa shape index (κ1) is 37.7. The van der Waals surface area contributed by atoms with Crippen LogP contribution in [-0.2, 0) is 28.7 Å². The van der Waals surface area contributed by atoms with E-state index < -0.39 is 11.9 Å². The van der Waals surface area contributed by atoms with Gasteiger partial charge >= 0.3 is 11.9 Å². The average molecular weight is 639 g/mol. The fraction of sp³-hybridized carbons (Fsp3) is 0.235. The number of hydrogen-bond acceptors (Lipinski definition) is 10. The Bertz CT molecular complexity index is 1310. The van der Waals surface area contributed by atoms with Crippen LogP contribution in [0.25, 0.3) is 12.2 Å². The summed E-state index contributed by atoms with van der Waals surface area (Å²) in [6, 6.07) is 14.6. The van der Waals surface area contributed by atoms with Crippen molar-refractivity contribution in [1.82, 2.24) is 0 Å². The number of ether oxygens (including phenoxy) is 4. The van der Waals surface area contributed by atoms with Crippen molar-refractivity contribution in [3.05, 3.63) is 108 Å². The van der Waals surface area contributed by atoms with Gasteiger partial charge in [-0.25, -0.2) is 9.59 Å². The van der Waals surface area contributed by atoms with Gasteiger partial charge in [0.05, 0.1) is 14.2 Å². The summed E-state index contributed by atoms with van der Waals surface area (Å²) in [5, 5.41) is -0.102. The molecule has 8 nitrogen and oxygen atoms in total. The predicted molar refractivity (Wildman–Crippen MR) is 180 cm³/mol. The second-order valence-corrected chi connectivity index (χ2v) is 10.5. The van der Waals surface area contributed by atoms with Gasteiger partial charge in [0.1, 0.15) is 24.7 Å². The molecule has 10 heteroatoms. The van der Waals surface area contributed by atoms with Crippen molar-refractivity contribution in [2.24, 2.45) is 0 Å². The van der Waals surface area contributed by atoms with E-state index in [2.05, 4.69) is 0 Å². The Hall–Kier alpha value is -4.28. The maximum Gasteiger partial charge on any atom is 0.330 e. The van der Waals surface area contributed by atoms with E-state index in [0.717, 1.165) is 46.1 Å². The van der Waals surface area contributed by atoms with E-state index in [-0.39, 0.29) is 23.4 Å². The van der Waals surface area contributed by atoms with Gasteiger partial charge in [0.2, 0.25) is 10.2 Å². The van der Waals surface area contributed by atoms with Crippen molar-refractivity contribution >= 4 is 57.8 Å². The largest absolute Gasteiger partial charge is 0.497 e. The van der Waals surface area contributed by atoms with Crippen molar-refractivity contribution in [3.8, 4) is 11.5 Å². The first-order valence-corrected chi connectivity index (χ1v) is 15.5. The molecule has 0 saturated heterocycles. The monoisotopic (exact) mass is 638 g/mol. The maximum atomic E-state index is 11.5. The van der Waals surface area contributed by atoms with Crippen LogP contribution < -0.4 is 9.47 Å². The van der Waals surface area contributed by atoms with Crippen LogP contribution >= 0.6 is 23.5 Å². The molecule has 0 atom stereocenters. The fourth-order valence-electron chi connectivity index (χ4n) is 2.90. The molecule has 0 N–H and O–H groups in total. The molecule has 0 aliphatic rings. The smallest absolute Gasteiger partial charge is 0.330 e. The molecule has 2 aromatic carbocycles. The molecule has 0 spiro atoms. The number of carbonyl (C=O) groups excluding carboxylic acids is 4. The molecule has 0 saturated carbocycles. The van der Waals surface area contributed by atoms with Crippen molar-refractivity contribution < 1.29 is 38.1 Å². The third-order valence-electron chi connectivity index (χ3n) is 5.04. The van der Waals surface area contributed by atoms with Gasteiger partial charge in [-0.1, -0.05) is 72.1 Å². The molecule has 0 bridgehead atoms. The van der Waals surface area contributed by atoms with Gasteiger partial charge < -0.3 is 18.9 Å². The highest BCUT2D eigenvalue weighted by Crippen LogP contribution is 2.13. The summed E-state index contributed by atoms with van der Waals surface area (Å²) in [7, 11) is 3.20. The van der Waals surface area contributed by atoms with Gasteiger partial charge in [-0.3, -0.25) is 9.59 Å². The summed E-state index contributed by atoms with van der Waals surface area (Å²) in [4.78, 5) is 45.6. The fourth-order valence-corrected chi connectivity index (χ4v) is 4.04. The molecule has 44 heavy (non-hydrogen) atoms. The van der Waals surface area contributed by atoms with Crippen LogP contribution in [0.2, 0.25) is 0 Å². The molecule has 0 radical (unpaired) electrons. The third kappa shape index (κ3) is 19.0. The van der Waals surface area contributed by atoms with Crippen LogP contribution in [0.5, 0.6) is 11.5 Å². The van der Waals surface area contributed by atoms with Gasteiger partial charge in [0.25, 0.3) is 0 Å². The minimum absolute atomic E-state index is 0.0395. The zero-order chi connectivity index (χ0) is 32.4. The average Bonchev–Trinajstić information content (AvgIpc) is 3.04. The van der Waals surface area contributed by atoms with Gasteiger partial charge in [-0.05, 0) is 73.5 Å². The third-order valence-corrected chi connectivity index (χ3v) is 6.62. The van der Waals surface area contributed by atoms with Crippen LogP contribution in [0.3, 0.4) is 0 Å². The number of benzene rings is 2. The van der Waals surface area contributed by atoms with Crippen LogP contribution in [0.1, 0.15) is 25.0 Å². The standard InChI is InChI=1S/C18H20O4S.C16H18O4S/c1-3-4-5-6-18(20)23-14-13-22-17(19)12-9-15-7-10-16(21-2)11-8-15;1-3-4-16(18)21-12-11-20-15(17)10-7-13-5-8-14(19-2)9-6-13/h3-12H,13-14H2,1-2H3;3-10H,11-12H2,1-2H3/b4-3+,6-5+,12-9+;4-3-,10-7+. The van der Waals surface area contributed by atoms with E-state index >= 15 is 0 Å². The first-order valence-electron chi connectivity index (χ1n) is 13.5. The molecule has 0 aliphatic heterocycles. The molecule has 2 aromatic rings. The lowest BCUT2D eigenvalue weighted by molar-refractivity contribution is -0.137. The molecule has 0 heterocycles. The summed E-state index contributed by atoms with van der Waals surface area (Å²) in [5.74, 6) is 1.54. The molecule has 0 unspecified atom stereocenters. The lowest BCUT2D eigenvalue weighted by atomic mass is 10.2. The molecule has 0 fully saturated rings. The minimum atomic E-state index is -0.432. The summed E-state index contributed by atoms with van der Waals surface area (Å²) < 4.78 is 20.1. The van der Waals surface area contributed by atoms with E-state index in [0.29, 0.717) is 11.5 Å². The molecule has 0 aromatic heterocycles. The first-order chi connectivity index (χ1) is 21.3. The number of rotatable bonds is 15. The highest BCUT2D eigenvalue weighted by Gasteiger charge is 2.02. The summed E-state index contributed by atoms with van der Waals surface area (Å²) >= 11 is 2.23. The number of methoxy groups -OCH3 is 2. The number of esters is 2. The SMILES string of the molecule is C/C=C/C=C/C(=O)SCCOC(=O)/C=C/c1ccc(OC)cc1.C/C=C\C(=O)SCCOC(=O)/C=C/c1ccc(OC)cc1. The van der Waals surface area contributed by atoms with Crippen LogP contribution in [0.4, 0.5) is 0 Å². The van der Waals surface area contributed by atoms with E-state index in [1.807, 2.05) is 61.5 Å². The van der Waals surface area contributed by atoms with Crippen molar-refractivity contribution in [3.63, 3.8) is 0 Å². The predicted octanol–water partition coefficient (Wildman–Crippen LogP) is 6.73. The van der Waals surface area contributed by atoms with Crippen LogP contribution in [-0.4, -0.2) is 61.1 Å².